The molecule has 0 amide bonds. The van der Waals surface area contributed by atoms with Crippen molar-refractivity contribution in [2.75, 3.05) is 39.3 Å². The van der Waals surface area contributed by atoms with Crippen LogP contribution in [0.1, 0.15) is 32.1 Å². The van der Waals surface area contributed by atoms with E-state index in [4.69, 9.17) is 0 Å². The zero-order chi connectivity index (χ0) is 19.9. The second-order valence-corrected chi connectivity index (χ2v) is 6.03. The van der Waals surface area contributed by atoms with Gasteiger partial charge in [-0.25, -0.2) is 0 Å². The summed E-state index contributed by atoms with van der Waals surface area (Å²) in [5.74, 6) is -3.68. The number of rotatable bonds is 17. The van der Waals surface area contributed by atoms with Crippen LogP contribution in [-0.4, -0.2) is 78.2 Å². The molecule has 0 rings (SSSR count). The fourth-order valence-corrected chi connectivity index (χ4v) is 2.36. The number of carboxylic acid groups (broad SMARTS) is 3. The summed E-state index contributed by atoms with van der Waals surface area (Å²) in [6.07, 6.45) is 1.45. The Morgan fingerprint density at radius 2 is 1.17 bits per heavy atom. The van der Waals surface area contributed by atoms with E-state index in [1.54, 1.807) is 15.9 Å². The molecule has 0 bridgehead atoms. The molecule has 0 aromatic rings. The molecule has 0 aliphatic heterocycles. The Labute approximate surface area is 300 Å². The van der Waals surface area contributed by atoms with Gasteiger partial charge in [0.25, 0.3) is 0 Å². The van der Waals surface area contributed by atoms with Crippen molar-refractivity contribution in [1.29, 1.82) is 0 Å². The second kappa shape index (κ2) is 25.6. The van der Waals surface area contributed by atoms with Gasteiger partial charge in [-0.05, 0) is 32.1 Å². The van der Waals surface area contributed by atoms with Crippen molar-refractivity contribution in [3.63, 3.8) is 0 Å². The first kappa shape index (κ1) is 39.2. The quantitative estimate of drug-likeness (QED) is 0.156. The van der Waals surface area contributed by atoms with Gasteiger partial charge in [-0.1, -0.05) is 6.08 Å². The molecule has 150 valence electrons. The van der Waals surface area contributed by atoms with Gasteiger partial charge in [0.1, 0.15) is 0 Å². The Kier molecular flexibility index (Phi) is 34.5. The number of allylic oxidation sites excluding steroid dienone is 1. The summed E-state index contributed by atoms with van der Waals surface area (Å²) in [5.41, 5.74) is 0. The van der Waals surface area contributed by atoms with Crippen LogP contribution in [0.4, 0.5) is 0 Å². The van der Waals surface area contributed by atoms with Gasteiger partial charge in [0.05, 0.1) is 6.10 Å². The number of aliphatic hydroxyl groups is 1. The van der Waals surface area contributed by atoms with Gasteiger partial charge in [-0.3, -0.25) is 4.90 Å². The maximum Gasteiger partial charge on any atom is 1.00 e. The van der Waals surface area contributed by atoms with Crippen LogP contribution in [0.2, 0.25) is 0 Å². The Morgan fingerprint density at radius 3 is 1.55 bits per heavy atom. The predicted octanol–water partition coefficient (Wildman–Crippen LogP) is -12.7. The summed E-state index contributed by atoms with van der Waals surface area (Å²) in [5, 5.41) is 41.9. The van der Waals surface area contributed by atoms with Gasteiger partial charge in [-0.2, -0.15) is 0 Å². The monoisotopic (exact) mass is 488 g/mol. The van der Waals surface area contributed by atoms with Gasteiger partial charge < -0.3 is 39.7 Å². The maximum absolute atomic E-state index is 10.7. The van der Waals surface area contributed by atoms with E-state index in [9.17, 15) is 34.8 Å². The number of carbonyl (C=O) groups excluding carboxylic acids is 3. The molecule has 0 aromatic heterocycles. The first-order chi connectivity index (χ1) is 12.2. The topological polar surface area (TPSA) is 147 Å². The van der Waals surface area contributed by atoms with Crippen molar-refractivity contribution in [3.8, 4) is 0 Å². The molecule has 1 atom stereocenters. The van der Waals surface area contributed by atoms with E-state index in [0.717, 1.165) is 0 Å². The van der Waals surface area contributed by atoms with Crippen LogP contribution in [-0.2, 0) is 14.4 Å². The molecule has 0 heterocycles. The standard InChI is InChI=1S/C17H30N2O7.3K/c1-2-3-4-14(20)13-19(10-7-17(25)26)12-11-18(8-5-15(21)22)9-6-16(23)24;;;/h2,14,20H,1,3-13H2,(H,21,22)(H,23,24)(H,25,26);;;/q;3*+1/p-3. The molecule has 1 N–H and O–H groups in total. The Morgan fingerprint density at radius 1 is 0.793 bits per heavy atom. The average molecular weight is 489 g/mol. The molecule has 1 unspecified atom stereocenters. The van der Waals surface area contributed by atoms with Crippen LogP contribution in [0.3, 0.4) is 0 Å². The van der Waals surface area contributed by atoms with Crippen LogP contribution >= 0.6 is 0 Å². The molecule has 0 aromatic carbocycles. The average Bonchev–Trinajstić information content (AvgIpc) is 2.56. The van der Waals surface area contributed by atoms with Crippen LogP contribution in [0.15, 0.2) is 12.7 Å². The summed E-state index contributed by atoms with van der Waals surface area (Å²) >= 11 is 0. The van der Waals surface area contributed by atoms with Crippen molar-refractivity contribution in [2.24, 2.45) is 0 Å². The summed E-state index contributed by atoms with van der Waals surface area (Å²) in [6, 6.07) is 0. The van der Waals surface area contributed by atoms with E-state index < -0.39 is 24.0 Å². The number of carboxylic acids is 3. The van der Waals surface area contributed by atoms with Gasteiger partial charge in [0.15, 0.2) is 0 Å². The Hall–Kier alpha value is 2.94. The molecule has 12 heteroatoms. The van der Waals surface area contributed by atoms with Gasteiger partial charge in [0, 0.05) is 57.2 Å². The zero-order valence-corrected chi connectivity index (χ0v) is 27.3. The van der Waals surface area contributed by atoms with E-state index in [-0.39, 0.29) is 200 Å². The SMILES string of the molecule is C=CCCC(O)CN(CCC(=O)[O-])CCN(CCC(=O)[O-])CCC(=O)[O-].[K+].[K+].[K+]. The number of hydrogen-bond acceptors (Lipinski definition) is 9. The Balaban J connectivity index is -0.00000104. The van der Waals surface area contributed by atoms with Crippen LogP contribution in [0, 0.1) is 0 Å². The summed E-state index contributed by atoms with van der Waals surface area (Å²) in [7, 11) is 0. The third kappa shape index (κ3) is 27.1. The Bertz CT molecular complexity index is 452. The molecule has 0 saturated heterocycles. The normalized spacial score (nSPS) is 11.0. The minimum atomic E-state index is -1.24. The zero-order valence-electron chi connectivity index (χ0n) is 17.9. The van der Waals surface area contributed by atoms with Gasteiger partial charge in [-0.15, -0.1) is 6.58 Å². The number of nitrogens with zero attached hydrogens (tertiary/aromatic N) is 2. The number of aliphatic carboxylic acids is 3. The number of hydrogen-bond donors (Lipinski definition) is 1. The molecule has 0 radical (unpaired) electrons. The summed E-state index contributed by atoms with van der Waals surface area (Å²) < 4.78 is 0. The molecular formula is C17H27K3N2O7. The predicted molar refractivity (Wildman–Crippen MR) is 87.2 cm³/mol. The first-order valence-corrected chi connectivity index (χ1v) is 8.57. The summed E-state index contributed by atoms with van der Waals surface area (Å²) in [6.45, 7) is 4.89. The minimum absolute atomic E-state index is 0. The van der Waals surface area contributed by atoms with E-state index >= 15 is 0 Å². The van der Waals surface area contributed by atoms with Crippen molar-refractivity contribution in [2.45, 2.75) is 38.2 Å². The fraction of sp³-hybridized carbons (Fsp3) is 0.706. The first-order valence-electron chi connectivity index (χ1n) is 8.57. The van der Waals surface area contributed by atoms with Crippen molar-refractivity contribution in [1.82, 2.24) is 9.80 Å². The largest absolute Gasteiger partial charge is 1.00 e. The van der Waals surface area contributed by atoms with E-state index in [1.807, 2.05) is 0 Å². The molecule has 0 aliphatic rings. The number of carbonyl (C=O) groups is 3. The molecule has 0 fully saturated rings. The molecule has 29 heavy (non-hydrogen) atoms. The van der Waals surface area contributed by atoms with Gasteiger partial charge >= 0.3 is 154 Å². The third-order valence-corrected chi connectivity index (χ3v) is 3.80. The third-order valence-electron chi connectivity index (χ3n) is 3.80. The molecule has 0 spiro atoms. The van der Waals surface area contributed by atoms with E-state index in [2.05, 4.69) is 6.58 Å². The van der Waals surface area contributed by atoms with Crippen molar-refractivity contribution in [3.05, 3.63) is 12.7 Å². The molecule has 9 nitrogen and oxygen atoms in total. The molecule has 0 saturated carbocycles. The van der Waals surface area contributed by atoms with Crippen LogP contribution in [0.5, 0.6) is 0 Å². The fourth-order valence-electron chi connectivity index (χ4n) is 2.36. The summed E-state index contributed by atoms with van der Waals surface area (Å²) in [4.78, 5) is 35.3. The van der Waals surface area contributed by atoms with E-state index in [1.165, 1.54) is 0 Å². The maximum atomic E-state index is 10.7. The second-order valence-electron chi connectivity index (χ2n) is 6.03. The van der Waals surface area contributed by atoms with Gasteiger partial charge in [0.2, 0.25) is 0 Å². The van der Waals surface area contributed by atoms with Crippen LogP contribution < -0.4 is 169 Å². The molecule has 0 aliphatic carbocycles. The van der Waals surface area contributed by atoms with Crippen molar-refractivity contribution < 1.29 is 189 Å². The smallest absolute Gasteiger partial charge is 0.550 e. The van der Waals surface area contributed by atoms with E-state index in [0.29, 0.717) is 25.9 Å². The molecular weight excluding hydrogens is 461 g/mol. The number of aliphatic hydroxyl groups excluding tert-OH is 1. The van der Waals surface area contributed by atoms with Crippen molar-refractivity contribution >= 4 is 17.9 Å². The minimum Gasteiger partial charge on any atom is -0.550 e. The van der Waals surface area contributed by atoms with Crippen LogP contribution in [0.25, 0.3) is 0 Å².